The van der Waals surface area contributed by atoms with E-state index < -0.39 is 0 Å². The number of aryl methyl sites for hydroxylation is 2. The quantitative estimate of drug-likeness (QED) is 0.733. The van der Waals surface area contributed by atoms with Gasteiger partial charge < -0.3 is 10.2 Å². The number of likely N-dealkylation sites (tertiary alicyclic amines) is 1. The van der Waals surface area contributed by atoms with Crippen LogP contribution in [0, 0.1) is 13.8 Å². The van der Waals surface area contributed by atoms with Gasteiger partial charge in [-0.25, -0.2) is 4.98 Å². The summed E-state index contributed by atoms with van der Waals surface area (Å²) in [5.74, 6) is -0.196. The van der Waals surface area contributed by atoms with Crippen LogP contribution in [0.2, 0.25) is 0 Å². The second-order valence-corrected chi connectivity index (χ2v) is 8.62. The highest BCUT2D eigenvalue weighted by Crippen LogP contribution is 2.22. The zero-order valence-corrected chi connectivity index (χ0v) is 17.3. The SMILES string of the molecule is Cc1cc2nc3sc(C(=O)NCCN4CCCCCC4)cc(=O)n3c2cc1C. The van der Waals surface area contributed by atoms with Gasteiger partial charge in [-0.1, -0.05) is 24.2 Å². The molecule has 148 valence electrons. The van der Waals surface area contributed by atoms with E-state index >= 15 is 0 Å². The monoisotopic (exact) mass is 398 g/mol. The third kappa shape index (κ3) is 3.82. The number of benzene rings is 1. The molecule has 2 aromatic heterocycles. The van der Waals surface area contributed by atoms with Crippen molar-refractivity contribution in [1.29, 1.82) is 0 Å². The molecule has 1 amide bonds. The van der Waals surface area contributed by atoms with E-state index in [2.05, 4.69) is 15.2 Å². The maximum absolute atomic E-state index is 12.7. The van der Waals surface area contributed by atoms with Crippen LogP contribution in [0.5, 0.6) is 0 Å². The Kier molecular flexibility index (Phi) is 5.46. The zero-order chi connectivity index (χ0) is 19.7. The Balaban J connectivity index is 1.52. The summed E-state index contributed by atoms with van der Waals surface area (Å²) in [6.45, 7) is 7.72. The molecule has 1 fully saturated rings. The average molecular weight is 399 g/mol. The first-order valence-electron chi connectivity index (χ1n) is 9.97. The van der Waals surface area contributed by atoms with Gasteiger partial charge in [-0.2, -0.15) is 0 Å². The topological polar surface area (TPSA) is 66.7 Å². The number of hydrogen-bond donors (Lipinski definition) is 1. The normalized spacial score (nSPS) is 15.8. The zero-order valence-electron chi connectivity index (χ0n) is 16.5. The highest BCUT2D eigenvalue weighted by atomic mass is 32.1. The van der Waals surface area contributed by atoms with Crippen molar-refractivity contribution in [1.82, 2.24) is 19.6 Å². The van der Waals surface area contributed by atoms with Crippen molar-refractivity contribution < 1.29 is 4.79 Å². The first-order chi connectivity index (χ1) is 13.5. The van der Waals surface area contributed by atoms with Crippen LogP contribution >= 0.6 is 11.3 Å². The molecule has 0 saturated carbocycles. The molecule has 1 saturated heterocycles. The van der Waals surface area contributed by atoms with E-state index in [4.69, 9.17) is 0 Å². The van der Waals surface area contributed by atoms with Gasteiger partial charge in [0.1, 0.15) is 4.88 Å². The highest BCUT2D eigenvalue weighted by Gasteiger charge is 2.15. The molecule has 7 heteroatoms. The Morgan fingerprint density at radius 2 is 1.82 bits per heavy atom. The molecule has 0 radical (unpaired) electrons. The fourth-order valence-electron chi connectivity index (χ4n) is 3.78. The summed E-state index contributed by atoms with van der Waals surface area (Å²) in [6, 6.07) is 5.40. The third-order valence-electron chi connectivity index (χ3n) is 5.55. The minimum Gasteiger partial charge on any atom is -0.350 e. The van der Waals surface area contributed by atoms with E-state index in [9.17, 15) is 9.59 Å². The molecule has 0 spiro atoms. The fraction of sp³-hybridized carbons (Fsp3) is 0.476. The third-order valence-corrected chi connectivity index (χ3v) is 6.53. The molecule has 0 unspecified atom stereocenters. The summed E-state index contributed by atoms with van der Waals surface area (Å²) in [5, 5.41) is 2.96. The van der Waals surface area contributed by atoms with E-state index in [0.717, 1.165) is 41.8 Å². The van der Waals surface area contributed by atoms with Gasteiger partial charge in [0.2, 0.25) is 0 Å². The predicted molar refractivity (Wildman–Crippen MR) is 114 cm³/mol. The molecule has 3 heterocycles. The standard InChI is InChI=1S/C21H26N4O2S/c1-14-11-16-17(12-15(14)2)25-19(26)13-18(28-21(25)23-16)20(27)22-7-10-24-8-5-3-4-6-9-24/h11-13H,3-10H2,1-2H3,(H,22,27). The summed E-state index contributed by atoms with van der Waals surface area (Å²) >= 11 is 1.26. The Bertz CT molecular complexity index is 1080. The van der Waals surface area contributed by atoms with Crippen LogP contribution in [-0.2, 0) is 0 Å². The van der Waals surface area contributed by atoms with Gasteiger partial charge in [0.15, 0.2) is 4.96 Å². The minimum absolute atomic E-state index is 0.196. The van der Waals surface area contributed by atoms with Gasteiger partial charge >= 0.3 is 0 Å². The van der Waals surface area contributed by atoms with Gasteiger partial charge in [0.25, 0.3) is 11.5 Å². The van der Waals surface area contributed by atoms with Crippen LogP contribution in [0.25, 0.3) is 16.0 Å². The number of amides is 1. The van der Waals surface area contributed by atoms with Crippen LogP contribution in [0.15, 0.2) is 23.0 Å². The van der Waals surface area contributed by atoms with Crippen molar-refractivity contribution in [2.45, 2.75) is 39.5 Å². The lowest BCUT2D eigenvalue weighted by molar-refractivity contribution is 0.0952. The Hall–Kier alpha value is -2.25. The summed E-state index contributed by atoms with van der Waals surface area (Å²) in [4.78, 5) is 33.2. The molecule has 1 aliphatic rings. The number of hydrogen-bond acceptors (Lipinski definition) is 5. The summed E-state index contributed by atoms with van der Waals surface area (Å²) < 4.78 is 1.60. The smallest absolute Gasteiger partial charge is 0.261 e. The number of carbonyl (C=O) groups is 1. The van der Waals surface area contributed by atoms with Crippen LogP contribution in [0.4, 0.5) is 0 Å². The van der Waals surface area contributed by atoms with E-state index in [1.54, 1.807) is 4.40 Å². The first kappa shape index (κ1) is 19.1. The van der Waals surface area contributed by atoms with Gasteiger partial charge in [-0.15, -0.1) is 0 Å². The average Bonchev–Trinajstić information content (AvgIpc) is 2.84. The van der Waals surface area contributed by atoms with E-state index in [-0.39, 0.29) is 11.5 Å². The van der Waals surface area contributed by atoms with Crippen LogP contribution in [-0.4, -0.2) is 46.4 Å². The molecule has 3 aromatic rings. The Labute approximate surface area is 168 Å². The maximum atomic E-state index is 12.7. The van der Waals surface area contributed by atoms with Crippen LogP contribution in [0.1, 0.15) is 46.5 Å². The number of carbonyl (C=O) groups excluding carboxylic acids is 1. The van der Waals surface area contributed by atoms with Gasteiger partial charge in [0.05, 0.1) is 11.0 Å². The lowest BCUT2D eigenvalue weighted by atomic mass is 10.1. The minimum atomic E-state index is -0.211. The molecule has 0 atom stereocenters. The number of nitrogens with one attached hydrogen (secondary N) is 1. The molecule has 1 aliphatic heterocycles. The Morgan fingerprint density at radius 3 is 2.57 bits per heavy atom. The van der Waals surface area contributed by atoms with Crippen LogP contribution < -0.4 is 10.9 Å². The van der Waals surface area contributed by atoms with Gasteiger partial charge in [-0.3, -0.25) is 14.0 Å². The molecule has 0 aliphatic carbocycles. The molecule has 1 aromatic carbocycles. The Morgan fingerprint density at radius 1 is 1.11 bits per heavy atom. The number of aromatic nitrogens is 2. The molecular formula is C21H26N4O2S. The van der Waals surface area contributed by atoms with E-state index in [0.29, 0.717) is 16.4 Å². The fourth-order valence-corrected chi connectivity index (χ4v) is 4.73. The lowest BCUT2D eigenvalue weighted by Gasteiger charge is -2.19. The highest BCUT2D eigenvalue weighted by molar-refractivity contribution is 7.18. The second-order valence-electron chi connectivity index (χ2n) is 7.62. The maximum Gasteiger partial charge on any atom is 0.261 e. The van der Waals surface area contributed by atoms with Gasteiger partial charge in [-0.05, 0) is 63.0 Å². The molecule has 6 nitrogen and oxygen atoms in total. The van der Waals surface area contributed by atoms with Crippen molar-refractivity contribution >= 4 is 33.2 Å². The van der Waals surface area contributed by atoms with Crippen molar-refractivity contribution in [3.05, 3.63) is 44.6 Å². The van der Waals surface area contributed by atoms with Crippen molar-refractivity contribution in [2.24, 2.45) is 0 Å². The number of imidazole rings is 1. The molecule has 0 bridgehead atoms. The van der Waals surface area contributed by atoms with Crippen molar-refractivity contribution in [3.8, 4) is 0 Å². The van der Waals surface area contributed by atoms with Crippen molar-refractivity contribution in [2.75, 3.05) is 26.2 Å². The summed E-state index contributed by atoms with van der Waals surface area (Å²) in [6.07, 6.45) is 5.07. The molecular weight excluding hydrogens is 372 g/mol. The molecule has 28 heavy (non-hydrogen) atoms. The van der Waals surface area contributed by atoms with Crippen LogP contribution in [0.3, 0.4) is 0 Å². The predicted octanol–water partition coefficient (Wildman–Crippen LogP) is 3.13. The number of nitrogens with zero attached hydrogens (tertiary/aromatic N) is 3. The largest absolute Gasteiger partial charge is 0.350 e. The second kappa shape index (κ2) is 8.01. The first-order valence-corrected chi connectivity index (χ1v) is 10.8. The number of fused-ring (bicyclic) bond motifs is 3. The van der Waals surface area contributed by atoms with E-state index in [1.807, 2.05) is 26.0 Å². The molecule has 1 N–H and O–H groups in total. The lowest BCUT2D eigenvalue weighted by Crippen LogP contribution is -2.35. The molecule has 4 rings (SSSR count). The van der Waals surface area contributed by atoms with Gasteiger partial charge in [0, 0.05) is 19.2 Å². The number of rotatable bonds is 4. The summed E-state index contributed by atoms with van der Waals surface area (Å²) in [7, 11) is 0. The van der Waals surface area contributed by atoms with Crippen molar-refractivity contribution in [3.63, 3.8) is 0 Å². The van der Waals surface area contributed by atoms with E-state index in [1.165, 1.54) is 43.1 Å². The summed E-state index contributed by atoms with van der Waals surface area (Å²) in [5.41, 5.74) is 3.63.